The molecule has 4 heteroatoms. The molecule has 1 aromatic heterocycles. The van der Waals surface area contributed by atoms with E-state index in [4.69, 9.17) is 0 Å². The van der Waals surface area contributed by atoms with Crippen LogP contribution in [0.1, 0.15) is 5.69 Å². The number of aromatic nitrogens is 1. The molecule has 4 rings (SSSR count). The van der Waals surface area contributed by atoms with E-state index in [-0.39, 0.29) is 0 Å². The van der Waals surface area contributed by atoms with Crippen LogP contribution in [0.2, 0.25) is 0 Å². The highest BCUT2D eigenvalue weighted by atomic mass is 32.2. The van der Waals surface area contributed by atoms with Gasteiger partial charge in [0.25, 0.3) is 0 Å². The van der Waals surface area contributed by atoms with Crippen molar-refractivity contribution in [2.75, 3.05) is 0 Å². The Balaban J connectivity index is 1.69. The Morgan fingerprint density at radius 1 is 1.00 bits per heavy atom. The zero-order valence-corrected chi connectivity index (χ0v) is 12.5. The lowest BCUT2D eigenvalue weighted by molar-refractivity contribution is 1.35. The number of allylic oxidation sites excluding steroid dienone is 3. The Morgan fingerprint density at radius 3 is 2.73 bits per heavy atom. The molecule has 0 fully saturated rings. The van der Waals surface area contributed by atoms with Gasteiger partial charge < -0.3 is 4.98 Å². The number of hydrogen-bond donors (Lipinski definition) is 1. The lowest BCUT2D eigenvalue weighted by Gasteiger charge is -2.08. The van der Waals surface area contributed by atoms with Gasteiger partial charge in [-0.25, -0.2) is 0 Å². The van der Waals surface area contributed by atoms with Gasteiger partial charge in [0.15, 0.2) is 0 Å². The van der Waals surface area contributed by atoms with E-state index in [2.05, 4.69) is 33.2 Å². The number of benzene rings is 1. The molecule has 0 saturated heterocycles. The molecule has 3 heterocycles. The predicted octanol–water partition coefficient (Wildman–Crippen LogP) is 4.35. The van der Waals surface area contributed by atoms with Gasteiger partial charge in [0.1, 0.15) is 0 Å². The SMILES string of the molecule is C1=CC(=C2N=CC=C2Sc2ccccc2)C(c2ccc[nH]2)=N1. The molecule has 106 valence electrons. The second kappa shape index (κ2) is 5.66. The van der Waals surface area contributed by atoms with Crippen LogP contribution in [0.4, 0.5) is 0 Å². The lowest BCUT2D eigenvalue weighted by Crippen LogP contribution is -2.03. The Bertz CT molecular complexity index is 838. The van der Waals surface area contributed by atoms with Gasteiger partial charge in [-0.3, -0.25) is 9.98 Å². The van der Waals surface area contributed by atoms with Crippen LogP contribution in [-0.4, -0.2) is 16.9 Å². The summed E-state index contributed by atoms with van der Waals surface area (Å²) in [6.45, 7) is 0. The smallest absolute Gasteiger partial charge is 0.0959 e. The van der Waals surface area contributed by atoms with Gasteiger partial charge in [-0.15, -0.1) is 0 Å². The third-order valence-corrected chi connectivity index (χ3v) is 4.50. The number of aliphatic imine (C=N–C) groups is 2. The van der Waals surface area contributed by atoms with Gasteiger partial charge in [0, 0.05) is 34.0 Å². The molecule has 0 saturated carbocycles. The third kappa shape index (κ3) is 2.38. The van der Waals surface area contributed by atoms with Gasteiger partial charge in [-0.1, -0.05) is 30.0 Å². The number of H-pyrrole nitrogens is 1. The number of aromatic amines is 1. The molecule has 0 amide bonds. The molecule has 2 aliphatic rings. The summed E-state index contributed by atoms with van der Waals surface area (Å²) in [7, 11) is 0. The van der Waals surface area contributed by atoms with Crippen LogP contribution in [0.3, 0.4) is 0 Å². The molecule has 0 atom stereocenters. The van der Waals surface area contributed by atoms with E-state index in [9.17, 15) is 0 Å². The summed E-state index contributed by atoms with van der Waals surface area (Å²) in [6.07, 6.45) is 9.67. The summed E-state index contributed by atoms with van der Waals surface area (Å²) in [4.78, 5) is 14.6. The maximum atomic E-state index is 4.55. The van der Waals surface area contributed by atoms with Crippen LogP contribution in [0, 0.1) is 0 Å². The number of nitrogens with zero attached hydrogens (tertiary/aromatic N) is 2. The van der Waals surface area contributed by atoms with E-state index in [0.717, 1.165) is 27.6 Å². The van der Waals surface area contributed by atoms with E-state index < -0.39 is 0 Å². The summed E-state index contributed by atoms with van der Waals surface area (Å²) in [5, 5.41) is 0. The normalized spacial score (nSPS) is 19.6. The summed E-state index contributed by atoms with van der Waals surface area (Å²) < 4.78 is 0. The fraction of sp³-hybridized carbons (Fsp3) is 0. The predicted molar refractivity (Wildman–Crippen MR) is 92.4 cm³/mol. The maximum Gasteiger partial charge on any atom is 0.0959 e. The Kier molecular flexibility index (Phi) is 3.37. The summed E-state index contributed by atoms with van der Waals surface area (Å²) in [6, 6.07) is 14.3. The van der Waals surface area contributed by atoms with Crippen LogP contribution in [0.15, 0.2) is 98.1 Å². The van der Waals surface area contributed by atoms with Gasteiger partial charge in [-0.2, -0.15) is 0 Å². The highest BCUT2D eigenvalue weighted by Crippen LogP contribution is 2.37. The molecule has 0 spiro atoms. The van der Waals surface area contributed by atoms with E-state index >= 15 is 0 Å². The van der Waals surface area contributed by atoms with Crippen LogP contribution in [0.5, 0.6) is 0 Å². The first-order chi connectivity index (χ1) is 10.9. The fourth-order valence-electron chi connectivity index (χ4n) is 2.44. The van der Waals surface area contributed by atoms with Crippen molar-refractivity contribution in [1.29, 1.82) is 0 Å². The van der Waals surface area contributed by atoms with Crippen LogP contribution in [-0.2, 0) is 0 Å². The molecular formula is C18H13N3S. The summed E-state index contributed by atoms with van der Waals surface area (Å²) >= 11 is 1.72. The monoisotopic (exact) mass is 303 g/mol. The molecule has 2 aliphatic heterocycles. The molecule has 1 N–H and O–H groups in total. The topological polar surface area (TPSA) is 40.5 Å². The highest BCUT2D eigenvalue weighted by molar-refractivity contribution is 8.03. The molecule has 2 aromatic rings. The largest absolute Gasteiger partial charge is 0.360 e. The average Bonchev–Trinajstić information content (AvgIpc) is 3.29. The number of hydrogen-bond acceptors (Lipinski definition) is 3. The maximum absolute atomic E-state index is 4.55. The quantitative estimate of drug-likeness (QED) is 0.900. The van der Waals surface area contributed by atoms with Gasteiger partial charge in [0.2, 0.25) is 0 Å². The molecule has 3 nitrogen and oxygen atoms in total. The second-order valence-electron chi connectivity index (χ2n) is 4.86. The lowest BCUT2D eigenvalue weighted by atomic mass is 10.1. The number of rotatable bonds is 3. The van der Waals surface area contributed by atoms with E-state index in [1.54, 1.807) is 11.8 Å². The van der Waals surface area contributed by atoms with Crippen molar-refractivity contribution in [1.82, 2.24) is 4.98 Å². The molecule has 0 aliphatic carbocycles. The third-order valence-electron chi connectivity index (χ3n) is 3.44. The molecule has 0 bridgehead atoms. The average molecular weight is 303 g/mol. The molecular weight excluding hydrogens is 290 g/mol. The molecule has 22 heavy (non-hydrogen) atoms. The van der Waals surface area contributed by atoms with Crippen molar-refractivity contribution >= 4 is 23.7 Å². The van der Waals surface area contributed by atoms with E-state index in [0.29, 0.717) is 0 Å². The van der Waals surface area contributed by atoms with Crippen molar-refractivity contribution in [2.24, 2.45) is 9.98 Å². The minimum atomic E-state index is 0.943. The van der Waals surface area contributed by atoms with Crippen molar-refractivity contribution in [3.8, 4) is 0 Å². The first-order valence-corrected chi connectivity index (χ1v) is 7.84. The van der Waals surface area contributed by atoms with Gasteiger partial charge in [-0.05, 0) is 36.4 Å². The van der Waals surface area contributed by atoms with E-state index in [1.165, 1.54) is 4.90 Å². The molecule has 0 unspecified atom stereocenters. The molecule has 0 radical (unpaired) electrons. The number of nitrogens with one attached hydrogen (secondary N) is 1. The summed E-state index contributed by atoms with van der Waals surface area (Å²) in [5.41, 5.74) is 4.00. The van der Waals surface area contributed by atoms with Crippen LogP contribution in [0.25, 0.3) is 0 Å². The molecule has 1 aromatic carbocycles. The van der Waals surface area contributed by atoms with Crippen molar-refractivity contribution in [2.45, 2.75) is 4.90 Å². The Labute approximate surface area is 132 Å². The fourth-order valence-corrected chi connectivity index (χ4v) is 3.38. The Hall–Kier alpha value is -2.59. The van der Waals surface area contributed by atoms with Crippen molar-refractivity contribution < 1.29 is 0 Å². The standard InChI is InChI=1S/C18H13N3S/c1-2-5-13(6-3-1)22-16-9-12-21-18(16)14-8-11-20-17(14)15-7-4-10-19-15/h1-12,19H. The zero-order chi connectivity index (χ0) is 14.8. The minimum Gasteiger partial charge on any atom is -0.360 e. The summed E-state index contributed by atoms with van der Waals surface area (Å²) in [5.74, 6) is 0. The van der Waals surface area contributed by atoms with Crippen LogP contribution < -0.4 is 0 Å². The first-order valence-electron chi connectivity index (χ1n) is 7.02. The Morgan fingerprint density at radius 2 is 1.91 bits per heavy atom. The highest BCUT2D eigenvalue weighted by Gasteiger charge is 2.21. The minimum absolute atomic E-state index is 0.943. The van der Waals surface area contributed by atoms with Gasteiger partial charge in [0.05, 0.1) is 17.1 Å². The van der Waals surface area contributed by atoms with Crippen LogP contribution >= 0.6 is 11.8 Å². The van der Waals surface area contributed by atoms with E-state index in [1.807, 2.05) is 55.0 Å². The number of thioether (sulfide) groups is 1. The second-order valence-corrected chi connectivity index (χ2v) is 5.98. The zero-order valence-electron chi connectivity index (χ0n) is 11.7. The first kappa shape index (κ1) is 13.1. The van der Waals surface area contributed by atoms with Crippen molar-refractivity contribution in [3.05, 3.63) is 88.9 Å². The van der Waals surface area contributed by atoms with Crippen molar-refractivity contribution in [3.63, 3.8) is 0 Å². The van der Waals surface area contributed by atoms with Gasteiger partial charge >= 0.3 is 0 Å².